The first-order chi connectivity index (χ1) is 13.7. The molecule has 6 nitrogen and oxygen atoms in total. The van der Waals surface area contributed by atoms with E-state index in [-0.39, 0.29) is 36.5 Å². The van der Waals surface area contributed by atoms with Crippen LogP contribution in [-0.4, -0.2) is 62.3 Å². The summed E-state index contributed by atoms with van der Waals surface area (Å²) in [7, 11) is -3.89. The first-order valence-electron chi connectivity index (χ1n) is 10.2. The fourth-order valence-corrected chi connectivity index (χ4v) is 5.59. The molecule has 1 amide bonds. The van der Waals surface area contributed by atoms with Gasteiger partial charge in [0.2, 0.25) is 15.9 Å². The summed E-state index contributed by atoms with van der Waals surface area (Å²) in [6.07, 6.45) is 3.32. The molecule has 162 valence electrons. The van der Waals surface area contributed by atoms with Crippen LogP contribution in [0.25, 0.3) is 0 Å². The van der Waals surface area contributed by atoms with Gasteiger partial charge in [-0.1, -0.05) is 26.7 Å². The Morgan fingerprint density at radius 2 is 1.79 bits per heavy atom. The molecule has 0 spiro atoms. The van der Waals surface area contributed by atoms with Crippen LogP contribution in [0.15, 0.2) is 23.1 Å². The van der Waals surface area contributed by atoms with Gasteiger partial charge in [0.1, 0.15) is 0 Å². The number of carbonyl (C=O) groups is 1. The van der Waals surface area contributed by atoms with Gasteiger partial charge < -0.3 is 5.32 Å². The van der Waals surface area contributed by atoms with Gasteiger partial charge >= 0.3 is 0 Å². The minimum atomic E-state index is -3.89. The molecule has 3 atom stereocenters. The smallest absolute Gasteiger partial charge is 0.243 e. The largest absolute Gasteiger partial charge is 0.352 e. The van der Waals surface area contributed by atoms with Crippen LogP contribution < -0.4 is 5.32 Å². The summed E-state index contributed by atoms with van der Waals surface area (Å²) in [5, 5.41) is 3.14. The van der Waals surface area contributed by atoms with E-state index in [1.807, 2.05) is 4.90 Å². The normalized spacial score (nSPS) is 27.0. The lowest BCUT2D eigenvalue weighted by molar-refractivity contribution is -0.124. The molecule has 1 saturated heterocycles. The Hall–Kier alpha value is -1.58. The van der Waals surface area contributed by atoms with Crippen molar-refractivity contribution < 1.29 is 22.0 Å². The predicted octanol–water partition coefficient (Wildman–Crippen LogP) is 2.21. The van der Waals surface area contributed by atoms with Gasteiger partial charge in [0.15, 0.2) is 11.6 Å². The van der Waals surface area contributed by atoms with Crippen molar-refractivity contribution in [3.63, 3.8) is 0 Å². The van der Waals surface area contributed by atoms with E-state index >= 15 is 0 Å². The molecule has 3 rings (SSSR count). The van der Waals surface area contributed by atoms with Crippen LogP contribution in [-0.2, 0) is 14.8 Å². The maximum atomic E-state index is 13.4. The van der Waals surface area contributed by atoms with Gasteiger partial charge in [0.05, 0.1) is 11.4 Å². The number of hydrogen-bond acceptors (Lipinski definition) is 4. The van der Waals surface area contributed by atoms with Crippen molar-refractivity contribution in [3.8, 4) is 0 Å². The summed E-state index contributed by atoms with van der Waals surface area (Å²) < 4.78 is 53.0. The summed E-state index contributed by atoms with van der Waals surface area (Å²) in [4.78, 5) is 14.1. The Bertz CT molecular complexity index is 841. The molecule has 1 heterocycles. The third-order valence-corrected chi connectivity index (χ3v) is 8.18. The van der Waals surface area contributed by atoms with E-state index < -0.39 is 21.7 Å². The van der Waals surface area contributed by atoms with Gasteiger partial charge in [-0.05, 0) is 36.5 Å². The molecule has 1 aromatic carbocycles. The summed E-state index contributed by atoms with van der Waals surface area (Å²) in [5.41, 5.74) is 0. The van der Waals surface area contributed by atoms with Gasteiger partial charge in [-0.2, -0.15) is 4.31 Å². The third-order valence-electron chi connectivity index (χ3n) is 6.28. The second kappa shape index (κ2) is 9.06. The van der Waals surface area contributed by atoms with Crippen molar-refractivity contribution in [3.05, 3.63) is 29.8 Å². The highest BCUT2D eigenvalue weighted by Crippen LogP contribution is 2.29. The van der Waals surface area contributed by atoms with Crippen molar-refractivity contribution in [2.75, 3.05) is 32.7 Å². The number of benzene rings is 1. The lowest BCUT2D eigenvalue weighted by Crippen LogP contribution is -2.52. The van der Waals surface area contributed by atoms with Crippen LogP contribution in [0, 0.1) is 23.5 Å². The average molecular weight is 430 g/mol. The average Bonchev–Trinajstić information content (AvgIpc) is 2.68. The first kappa shape index (κ1) is 22.1. The zero-order valence-corrected chi connectivity index (χ0v) is 17.7. The maximum absolute atomic E-state index is 13.4. The molecule has 2 fully saturated rings. The number of rotatable bonds is 5. The second-order valence-electron chi connectivity index (χ2n) is 8.20. The zero-order valence-electron chi connectivity index (χ0n) is 16.9. The Labute approximate surface area is 171 Å². The number of piperazine rings is 1. The minimum Gasteiger partial charge on any atom is -0.352 e. The quantitative estimate of drug-likeness (QED) is 0.779. The van der Waals surface area contributed by atoms with Gasteiger partial charge in [0.25, 0.3) is 0 Å². The van der Waals surface area contributed by atoms with Gasteiger partial charge in [-0.25, -0.2) is 17.2 Å². The van der Waals surface area contributed by atoms with Crippen LogP contribution in [0.3, 0.4) is 0 Å². The van der Waals surface area contributed by atoms with Crippen molar-refractivity contribution in [1.82, 2.24) is 14.5 Å². The second-order valence-corrected chi connectivity index (χ2v) is 10.1. The molecule has 0 radical (unpaired) electrons. The molecule has 29 heavy (non-hydrogen) atoms. The fourth-order valence-electron chi connectivity index (χ4n) is 4.16. The summed E-state index contributed by atoms with van der Waals surface area (Å²) in [6.45, 7) is 5.85. The van der Waals surface area contributed by atoms with E-state index in [0.717, 1.165) is 25.0 Å². The Morgan fingerprint density at radius 1 is 1.10 bits per heavy atom. The molecule has 0 bridgehead atoms. The Morgan fingerprint density at radius 3 is 2.45 bits per heavy atom. The van der Waals surface area contributed by atoms with Crippen LogP contribution in [0.2, 0.25) is 0 Å². The van der Waals surface area contributed by atoms with E-state index in [4.69, 9.17) is 0 Å². The predicted molar refractivity (Wildman–Crippen MR) is 106 cm³/mol. The summed E-state index contributed by atoms with van der Waals surface area (Å²) in [5.74, 6) is -1.26. The highest BCUT2D eigenvalue weighted by Gasteiger charge is 2.31. The molecule has 2 aliphatic rings. The molecule has 1 saturated carbocycles. The molecule has 1 aliphatic carbocycles. The molecular formula is C20H29F2N3O3S. The monoisotopic (exact) mass is 429 g/mol. The van der Waals surface area contributed by atoms with Crippen LogP contribution >= 0.6 is 0 Å². The molecule has 1 aromatic rings. The van der Waals surface area contributed by atoms with E-state index in [0.29, 0.717) is 31.0 Å². The SMILES string of the molecule is CC1CCCC(NC(=O)CN2CCN(S(=O)(=O)c3ccc(F)c(F)c3)CC2)C1C. The molecular weight excluding hydrogens is 400 g/mol. The van der Waals surface area contributed by atoms with Crippen LogP contribution in [0.5, 0.6) is 0 Å². The van der Waals surface area contributed by atoms with Gasteiger partial charge in [-0.3, -0.25) is 9.69 Å². The lowest BCUT2D eigenvalue weighted by atomic mass is 9.78. The van der Waals surface area contributed by atoms with Crippen molar-refractivity contribution in [1.29, 1.82) is 0 Å². The van der Waals surface area contributed by atoms with Crippen LogP contribution in [0.4, 0.5) is 8.78 Å². The van der Waals surface area contributed by atoms with Gasteiger partial charge in [-0.15, -0.1) is 0 Å². The lowest BCUT2D eigenvalue weighted by Gasteiger charge is -2.36. The van der Waals surface area contributed by atoms with Crippen molar-refractivity contribution >= 4 is 15.9 Å². The van der Waals surface area contributed by atoms with E-state index in [9.17, 15) is 22.0 Å². The standard InChI is InChI=1S/C20H29F2N3O3S/c1-14-4-3-5-19(15(14)2)23-20(26)13-24-8-10-25(11-9-24)29(27,28)16-6-7-17(21)18(22)12-16/h6-7,12,14-15,19H,3-5,8-11,13H2,1-2H3,(H,23,26). The number of sulfonamides is 1. The summed E-state index contributed by atoms with van der Waals surface area (Å²) >= 11 is 0. The van der Waals surface area contributed by atoms with E-state index in [1.165, 1.54) is 10.7 Å². The molecule has 9 heteroatoms. The number of nitrogens with one attached hydrogen (secondary N) is 1. The molecule has 3 unspecified atom stereocenters. The number of amides is 1. The Balaban J connectivity index is 1.52. The Kier molecular flexibility index (Phi) is 6.90. The first-order valence-corrected chi connectivity index (χ1v) is 11.6. The topological polar surface area (TPSA) is 69.7 Å². The number of carbonyl (C=O) groups excluding carboxylic acids is 1. The summed E-state index contributed by atoms with van der Waals surface area (Å²) in [6, 6.07) is 2.79. The minimum absolute atomic E-state index is 0.0344. The molecule has 0 aromatic heterocycles. The maximum Gasteiger partial charge on any atom is 0.243 e. The van der Waals surface area contributed by atoms with Crippen LogP contribution in [0.1, 0.15) is 33.1 Å². The van der Waals surface area contributed by atoms with Crippen molar-refractivity contribution in [2.24, 2.45) is 11.8 Å². The highest BCUT2D eigenvalue weighted by molar-refractivity contribution is 7.89. The number of nitrogens with zero attached hydrogens (tertiary/aromatic N) is 2. The highest BCUT2D eigenvalue weighted by atomic mass is 32.2. The van der Waals surface area contributed by atoms with E-state index in [2.05, 4.69) is 19.2 Å². The zero-order chi connectivity index (χ0) is 21.2. The fraction of sp³-hybridized carbons (Fsp3) is 0.650. The number of halogens is 2. The van der Waals surface area contributed by atoms with Gasteiger partial charge in [0, 0.05) is 32.2 Å². The molecule has 1 N–H and O–H groups in total. The molecule has 1 aliphatic heterocycles. The van der Waals surface area contributed by atoms with Crippen molar-refractivity contribution in [2.45, 2.75) is 44.0 Å². The van der Waals surface area contributed by atoms with E-state index in [1.54, 1.807) is 0 Å². The third kappa shape index (κ3) is 5.13. The number of hydrogen-bond donors (Lipinski definition) is 1.